The monoisotopic (exact) mass is 384 g/mol. The van der Waals surface area contributed by atoms with Gasteiger partial charge in [-0.05, 0) is 24.3 Å². The fraction of sp³-hybridized carbons (Fsp3) is 0.412. The molecular weight excluding hydrogens is 360 g/mol. The van der Waals surface area contributed by atoms with Crippen LogP contribution < -0.4 is 5.32 Å². The predicted octanol–water partition coefficient (Wildman–Crippen LogP) is 1.10. The van der Waals surface area contributed by atoms with Crippen molar-refractivity contribution in [3.05, 3.63) is 42.5 Å². The molecule has 1 rings (SSSR count). The smallest absolute Gasteiger partial charge is 0.328 e. The second-order valence-corrected chi connectivity index (χ2v) is 7.24. The molecule has 0 aliphatic heterocycles. The van der Waals surface area contributed by atoms with E-state index in [1.165, 1.54) is 34.6 Å². The summed E-state index contributed by atoms with van der Waals surface area (Å²) in [6.45, 7) is 7.57. The van der Waals surface area contributed by atoms with Crippen molar-refractivity contribution in [2.45, 2.75) is 24.8 Å². The van der Waals surface area contributed by atoms with Gasteiger partial charge in [0.05, 0.1) is 18.1 Å². The van der Waals surface area contributed by atoms with Gasteiger partial charge in [-0.25, -0.2) is 13.2 Å². The minimum Gasteiger partial charge on any atom is -0.480 e. The molecule has 0 fully saturated rings. The van der Waals surface area contributed by atoms with Crippen LogP contribution in [-0.4, -0.2) is 62.1 Å². The standard InChI is InChI=1S/C17H24N2O6S/c1-4-11-25-12-15(17(21)22)18-16(20)13-7-9-14(10-8-13)26(23,24)19(5-2)6-3/h4,7-10,15H,1,5-6,11-12H2,2-3H3,(H,18,20)(H,21,22). The summed E-state index contributed by atoms with van der Waals surface area (Å²) in [5.41, 5.74) is 0.151. The molecule has 0 aliphatic rings. The van der Waals surface area contributed by atoms with Crippen LogP contribution in [0.3, 0.4) is 0 Å². The van der Waals surface area contributed by atoms with E-state index >= 15 is 0 Å². The van der Waals surface area contributed by atoms with Gasteiger partial charge in [0, 0.05) is 18.7 Å². The summed E-state index contributed by atoms with van der Waals surface area (Å²) in [6.07, 6.45) is 1.47. The molecule has 9 heteroatoms. The summed E-state index contributed by atoms with van der Waals surface area (Å²) in [5.74, 6) is -1.87. The van der Waals surface area contributed by atoms with Crippen molar-refractivity contribution < 1.29 is 27.9 Å². The van der Waals surface area contributed by atoms with E-state index in [-0.39, 0.29) is 23.7 Å². The Morgan fingerprint density at radius 1 is 1.27 bits per heavy atom. The quantitative estimate of drug-likeness (QED) is 0.436. The number of ether oxygens (including phenoxy) is 1. The first-order valence-electron chi connectivity index (χ1n) is 8.10. The number of carboxylic acids is 1. The number of amides is 1. The Balaban J connectivity index is 2.88. The maximum Gasteiger partial charge on any atom is 0.328 e. The molecule has 26 heavy (non-hydrogen) atoms. The van der Waals surface area contributed by atoms with Gasteiger partial charge in [0.1, 0.15) is 0 Å². The van der Waals surface area contributed by atoms with Crippen molar-refractivity contribution in [2.75, 3.05) is 26.3 Å². The molecule has 0 heterocycles. The third-order valence-electron chi connectivity index (χ3n) is 3.58. The molecular formula is C17H24N2O6S. The summed E-state index contributed by atoms with van der Waals surface area (Å²) in [4.78, 5) is 23.4. The van der Waals surface area contributed by atoms with E-state index in [0.717, 1.165) is 0 Å². The largest absolute Gasteiger partial charge is 0.480 e. The lowest BCUT2D eigenvalue weighted by Crippen LogP contribution is -2.44. The van der Waals surface area contributed by atoms with E-state index in [1.807, 2.05) is 0 Å². The van der Waals surface area contributed by atoms with Crippen molar-refractivity contribution in [1.82, 2.24) is 9.62 Å². The van der Waals surface area contributed by atoms with Gasteiger partial charge in [0.15, 0.2) is 6.04 Å². The molecule has 0 saturated heterocycles. The van der Waals surface area contributed by atoms with Crippen LogP contribution in [0.2, 0.25) is 0 Å². The molecule has 8 nitrogen and oxygen atoms in total. The molecule has 0 spiro atoms. The van der Waals surface area contributed by atoms with Crippen molar-refractivity contribution in [3.63, 3.8) is 0 Å². The molecule has 1 atom stereocenters. The number of hydrogen-bond donors (Lipinski definition) is 2. The number of nitrogens with zero attached hydrogens (tertiary/aromatic N) is 1. The van der Waals surface area contributed by atoms with Crippen molar-refractivity contribution in [2.24, 2.45) is 0 Å². The number of nitrogens with one attached hydrogen (secondary N) is 1. The zero-order valence-corrected chi connectivity index (χ0v) is 15.7. The summed E-state index contributed by atoms with van der Waals surface area (Å²) < 4.78 is 31.2. The van der Waals surface area contributed by atoms with Gasteiger partial charge in [-0.15, -0.1) is 6.58 Å². The molecule has 0 aliphatic carbocycles. The van der Waals surface area contributed by atoms with Gasteiger partial charge in [-0.1, -0.05) is 19.9 Å². The molecule has 1 aromatic carbocycles. The van der Waals surface area contributed by atoms with E-state index < -0.39 is 27.9 Å². The lowest BCUT2D eigenvalue weighted by atomic mass is 10.2. The molecule has 2 N–H and O–H groups in total. The number of rotatable bonds is 11. The predicted molar refractivity (Wildman–Crippen MR) is 96.5 cm³/mol. The summed E-state index contributed by atoms with van der Waals surface area (Å²) in [6, 6.07) is 4.12. The second-order valence-electron chi connectivity index (χ2n) is 5.30. The number of aliphatic carboxylic acids is 1. The van der Waals surface area contributed by atoms with E-state index in [1.54, 1.807) is 13.8 Å². The van der Waals surface area contributed by atoms with Crippen LogP contribution in [-0.2, 0) is 19.6 Å². The van der Waals surface area contributed by atoms with Crippen LogP contribution in [0.15, 0.2) is 41.8 Å². The van der Waals surface area contributed by atoms with Gasteiger partial charge in [-0.3, -0.25) is 4.79 Å². The number of sulfonamides is 1. The fourth-order valence-corrected chi connectivity index (χ4v) is 3.63. The number of carbonyl (C=O) groups excluding carboxylic acids is 1. The van der Waals surface area contributed by atoms with E-state index in [9.17, 15) is 18.0 Å². The first-order valence-corrected chi connectivity index (χ1v) is 9.54. The maximum atomic E-state index is 12.4. The number of carbonyl (C=O) groups is 2. The fourth-order valence-electron chi connectivity index (χ4n) is 2.18. The molecule has 0 saturated carbocycles. The average molecular weight is 384 g/mol. The highest BCUT2D eigenvalue weighted by atomic mass is 32.2. The van der Waals surface area contributed by atoms with Crippen LogP contribution in [0.1, 0.15) is 24.2 Å². The van der Waals surface area contributed by atoms with Crippen LogP contribution in [0.25, 0.3) is 0 Å². The first-order chi connectivity index (χ1) is 12.3. The highest BCUT2D eigenvalue weighted by molar-refractivity contribution is 7.89. The zero-order valence-electron chi connectivity index (χ0n) is 14.8. The van der Waals surface area contributed by atoms with Gasteiger partial charge in [0.25, 0.3) is 5.91 Å². The van der Waals surface area contributed by atoms with Crippen LogP contribution in [0, 0.1) is 0 Å². The highest BCUT2D eigenvalue weighted by Crippen LogP contribution is 2.16. The number of carboxylic acid groups (broad SMARTS) is 1. The molecule has 0 bridgehead atoms. The highest BCUT2D eigenvalue weighted by Gasteiger charge is 2.23. The van der Waals surface area contributed by atoms with Crippen molar-refractivity contribution in [1.29, 1.82) is 0 Å². The molecule has 0 radical (unpaired) electrons. The lowest BCUT2D eigenvalue weighted by Gasteiger charge is -2.18. The normalized spacial score (nSPS) is 12.6. The van der Waals surface area contributed by atoms with Crippen molar-refractivity contribution in [3.8, 4) is 0 Å². The Kier molecular flexibility index (Phi) is 8.43. The third kappa shape index (κ3) is 5.65. The summed E-state index contributed by atoms with van der Waals surface area (Å²) in [7, 11) is -3.62. The molecule has 1 aromatic rings. The summed E-state index contributed by atoms with van der Waals surface area (Å²) in [5, 5.41) is 11.5. The Morgan fingerprint density at radius 3 is 2.31 bits per heavy atom. The minimum atomic E-state index is -3.62. The first kappa shape index (κ1) is 21.8. The van der Waals surface area contributed by atoms with Crippen LogP contribution in [0.4, 0.5) is 0 Å². The van der Waals surface area contributed by atoms with E-state index in [0.29, 0.717) is 13.1 Å². The van der Waals surface area contributed by atoms with Gasteiger partial charge in [-0.2, -0.15) is 4.31 Å². The molecule has 1 amide bonds. The van der Waals surface area contributed by atoms with Crippen LogP contribution in [0.5, 0.6) is 0 Å². The number of benzene rings is 1. The molecule has 0 aromatic heterocycles. The van der Waals surface area contributed by atoms with Gasteiger partial charge in [0.2, 0.25) is 10.0 Å². The van der Waals surface area contributed by atoms with Gasteiger partial charge >= 0.3 is 5.97 Å². The topological polar surface area (TPSA) is 113 Å². The Bertz CT molecular complexity index is 726. The van der Waals surface area contributed by atoms with Crippen molar-refractivity contribution >= 4 is 21.9 Å². The third-order valence-corrected chi connectivity index (χ3v) is 5.65. The average Bonchev–Trinajstić information content (AvgIpc) is 2.61. The SMILES string of the molecule is C=CCOCC(NC(=O)c1ccc(S(=O)(=O)N(CC)CC)cc1)C(=O)O. The molecule has 1 unspecified atom stereocenters. The van der Waals surface area contributed by atoms with E-state index in [4.69, 9.17) is 9.84 Å². The Morgan fingerprint density at radius 2 is 1.85 bits per heavy atom. The van der Waals surface area contributed by atoms with Crippen LogP contribution >= 0.6 is 0 Å². The van der Waals surface area contributed by atoms with E-state index in [2.05, 4.69) is 11.9 Å². The minimum absolute atomic E-state index is 0.0712. The summed E-state index contributed by atoms with van der Waals surface area (Å²) >= 11 is 0. The number of hydrogen-bond acceptors (Lipinski definition) is 5. The Labute approximate surface area is 153 Å². The molecule has 144 valence electrons. The van der Waals surface area contributed by atoms with Gasteiger partial charge < -0.3 is 15.2 Å². The Hall–Kier alpha value is -2.23. The second kappa shape index (κ2) is 10.0. The maximum absolute atomic E-state index is 12.4. The zero-order chi connectivity index (χ0) is 19.7. The lowest BCUT2D eigenvalue weighted by molar-refractivity contribution is -0.140.